The van der Waals surface area contributed by atoms with E-state index in [1.54, 1.807) is 0 Å². The third-order valence-electron chi connectivity index (χ3n) is 9.50. The molecule has 1 fully saturated rings. The number of likely N-dealkylation sites (N-methyl/N-ethyl adjacent to an activating group) is 1. The van der Waals surface area contributed by atoms with Crippen LogP contribution < -0.4 is 5.32 Å². The van der Waals surface area contributed by atoms with Crippen molar-refractivity contribution in [2.24, 2.45) is 0 Å². The SMILES string of the molecule is CC(c1ccccc1)N(C)CC1CC(c2ccc(CO)cc2)OC(c2cccc(-c3cccc(CNC(=O)CCCCCCC(=O)O)c3)c2)O1. The maximum atomic E-state index is 12.4. The van der Waals surface area contributed by atoms with E-state index in [1.807, 2.05) is 54.6 Å². The second kappa shape index (κ2) is 18.6. The molecule has 4 aromatic carbocycles. The van der Waals surface area contributed by atoms with Crippen LogP contribution in [0.2, 0.25) is 0 Å². The molecule has 1 saturated heterocycles. The lowest BCUT2D eigenvalue weighted by Gasteiger charge is -2.39. The van der Waals surface area contributed by atoms with Gasteiger partial charge in [-0.25, -0.2) is 0 Å². The predicted octanol–water partition coefficient (Wildman–Crippen LogP) is 8.13. The largest absolute Gasteiger partial charge is 0.481 e. The number of aliphatic hydroxyl groups is 1. The highest BCUT2D eigenvalue weighted by atomic mass is 16.7. The van der Waals surface area contributed by atoms with Gasteiger partial charge in [-0.15, -0.1) is 0 Å². The van der Waals surface area contributed by atoms with Crippen LogP contribution in [-0.4, -0.2) is 46.7 Å². The Morgan fingerprint density at radius 2 is 1.50 bits per heavy atom. The third-order valence-corrected chi connectivity index (χ3v) is 9.50. The lowest BCUT2D eigenvalue weighted by atomic mass is 9.98. The second-order valence-corrected chi connectivity index (χ2v) is 13.3. The Hall–Kier alpha value is -4.34. The number of aliphatic carboxylic acids is 1. The highest BCUT2D eigenvalue weighted by Gasteiger charge is 2.33. The van der Waals surface area contributed by atoms with Gasteiger partial charge < -0.3 is 25.0 Å². The highest BCUT2D eigenvalue weighted by molar-refractivity contribution is 5.76. The third kappa shape index (κ3) is 10.8. The molecule has 264 valence electrons. The number of carboxylic acids is 1. The van der Waals surface area contributed by atoms with E-state index in [2.05, 4.69) is 72.7 Å². The van der Waals surface area contributed by atoms with Crippen LogP contribution in [0.5, 0.6) is 0 Å². The van der Waals surface area contributed by atoms with Gasteiger partial charge in [0.05, 0.1) is 18.8 Å². The molecule has 0 aliphatic carbocycles. The molecule has 8 heteroatoms. The van der Waals surface area contributed by atoms with Crippen molar-refractivity contribution in [3.05, 3.63) is 131 Å². The van der Waals surface area contributed by atoms with Crippen molar-refractivity contribution in [3.63, 3.8) is 0 Å². The van der Waals surface area contributed by atoms with Gasteiger partial charge in [-0.05, 0) is 72.3 Å². The molecule has 3 N–H and O–H groups in total. The minimum absolute atomic E-state index is 0.000275. The van der Waals surface area contributed by atoms with E-state index in [0.29, 0.717) is 25.8 Å². The molecule has 0 bridgehead atoms. The molecule has 4 unspecified atom stereocenters. The first-order valence-electron chi connectivity index (χ1n) is 17.7. The van der Waals surface area contributed by atoms with Gasteiger partial charge >= 0.3 is 5.97 Å². The Labute approximate surface area is 296 Å². The van der Waals surface area contributed by atoms with Crippen LogP contribution in [0, 0.1) is 0 Å². The summed E-state index contributed by atoms with van der Waals surface area (Å²) in [5.41, 5.74) is 7.20. The van der Waals surface area contributed by atoms with Gasteiger partial charge in [-0.2, -0.15) is 0 Å². The molecule has 0 radical (unpaired) electrons. The van der Waals surface area contributed by atoms with Gasteiger partial charge in [-0.3, -0.25) is 14.5 Å². The number of rotatable bonds is 17. The molecular weight excluding hydrogens is 628 g/mol. The van der Waals surface area contributed by atoms with Crippen LogP contribution in [0.3, 0.4) is 0 Å². The Bertz CT molecular complexity index is 1660. The number of carboxylic acid groups (broad SMARTS) is 1. The molecule has 1 aliphatic rings. The zero-order valence-corrected chi connectivity index (χ0v) is 29.2. The number of unbranched alkanes of at least 4 members (excludes halogenated alkanes) is 3. The molecule has 50 heavy (non-hydrogen) atoms. The fraction of sp³-hybridized carbons (Fsp3) is 0.381. The van der Waals surface area contributed by atoms with Crippen molar-refractivity contribution in [2.45, 2.75) is 89.6 Å². The minimum Gasteiger partial charge on any atom is -0.481 e. The zero-order valence-electron chi connectivity index (χ0n) is 29.2. The number of ether oxygens (including phenoxy) is 2. The van der Waals surface area contributed by atoms with Crippen LogP contribution in [0.4, 0.5) is 0 Å². The molecule has 8 nitrogen and oxygen atoms in total. The van der Waals surface area contributed by atoms with Crippen molar-refractivity contribution in [1.82, 2.24) is 10.2 Å². The predicted molar refractivity (Wildman–Crippen MR) is 195 cm³/mol. The molecule has 1 aliphatic heterocycles. The van der Waals surface area contributed by atoms with Gasteiger partial charge in [0.15, 0.2) is 6.29 Å². The zero-order chi connectivity index (χ0) is 35.3. The van der Waals surface area contributed by atoms with Crippen molar-refractivity contribution >= 4 is 11.9 Å². The number of amides is 1. The van der Waals surface area contributed by atoms with E-state index >= 15 is 0 Å². The molecule has 0 aromatic heterocycles. The van der Waals surface area contributed by atoms with Gasteiger partial charge in [-0.1, -0.05) is 104 Å². The standard InChI is InChI=1S/C42H50N2O6/c1-30(33-13-6-5-7-14-33)44(2)28-38-26-39(34-22-20-31(29-45)21-23-34)50-42(49-38)37-17-11-16-36(25-37)35-15-10-12-32(24-35)27-43-40(46)18-8-3-4-9-19-41(47)48/h5-7,10-17,20-25,30,38-39,42,45H,3-4,8-9,18-19,26-29H2,1-2H3,(H,43,46)(H,47,48). The van der Waals surface area contributed by atoms with Crippen molar-refractivity contribution in [2.75, 3.05) is 13.6 Å². The van der Waals surface area contributed by atoms with Gasteiger partial charge in [0, 0.05) is 44.0 Å². The first-order valence-corrected chi connectivity index (χ1v) is 17.7. The van der Waals surface area contributed by atoms with E-state index in [1.165, 1.54) is 5.56 Å². The Morgan fingerprint density at radius 3 is 2.22 bits per heavy atom. The van der Waals surface area contributed by atoms with Crippen LogP contribution in [0.15, 0.2) is 103 Å². The number of carbonyl (C=O) groups is 2. The summed E-state index contributed by atoms with van der Waals surface area (Å²) in [5.74, 6) is -0.773. The van der Waals surface area contributed by atoms with Gasteiger partial charge in [0.2, 0.25) is 5.91 Å². The fourth-order valence-corrected chi connectivity index (χ4v) is 6.43. The van der Waals surface area contributed by atoms with E-state index in [-0.39, 0.29) is 37.2 Å². The molecule has 0 spiro atoms. The molecule has 4 aromatic rings. The van der Waals surface area contributed by atoms with Crippen molar-refractivity contribution in [3.8, 4) is 11.1 Å². The molecular formula is C42H50N2O6. The Morgan fingerprint density at radius 1 is 0.800 bits per heavy atom. The first kappa shape index (κ1) is 36.9. The first-order chi connectivity index (χ1) is 24.3. The number of aliphatic hydroxyl groups excluding tert-OH is 1. The second-order valence-electron chi connectivity index (χ2n) is 13.3. The monoisotopic (exact) mass is 678 g/mol. The summed E-state index contributed by atoms with van der Waals surface area (Å²) in [7, 11) is 2.14. The highest BCUT2D eigenvalue weighted by Crippen LogP contribution is 2.39. The molecule has 1 amide bonds. The number of nitrogens with one attached hydrogen (secondary N) is 1. The molecule has 4 atom stereocenters. The molecule has 5 rings (SSSR count). The lowest BCUT2D eigenvalue weighted by molar-refractivity contribution is -0.253. The van der Waals surface area contributed by atoms with Crippen LogP contribution in [0.25, 0.3) is 11.1 Å². The molecule has 1 heterocycles. The number of nitrogens with zero attached hydrogens (tertiary/aromatic N) is 1. The summed E-state index contributed by atoms with van der Waals surface area (Å²) < 4.78 is 13.3. The van der Waals surface area contributed by atoms with Crippen molar-refractivity contribution < 1.29 is 29.3 Å². The average Bonchev–Trinajstić information content (AvgIpc) is 3.15. The number of hydrogen-bond acceptors (Lipinski definition) is 6. The summed E-state index contributed by atoms with van der Waals surface area (Å²) in [6.45, 7) is 3.39. The van der Waals surface area contributed by atoms with E-state index in [4.69, 9.17) is 14.6 Å². The number of benzene rings is 4. The normalized spacial score (nSPS) is 18.1. The summed E-state index contributed by atoms with van der Waals surface area (Å²) >= 11 is 0. The maximum absolute atomic E-state index is 12.4. The fourth-order valence-electron chi connectivity index (χ4n) is 6.43. The number of hydrogen-bond donors (Lipinski definition) is 3. The Kier molecular flexibility index (Phi) is 13.7. The Balaban J connectivity index is 1.26. The smallest absolute Gasteiger partial charge is 0.303 e. The van der Waals surface area contributed by atoms with Gasteiger partial charge in [0.25, 0.3) is 0 Å². The van der Waals surface area contributed by atoms with Crippen LogP contribution in [-0.2, 0) is 32.2 Å². The van der Waals surface area contributed by atoms with Crippen molar-refractivity contribution in [1.29, 1.82) is 0 Å². The maximum Gasteiger partial charge on any atom is 0.303 e. The summed E-state index contributed by atoms with van der Waals surface area (Å²) in [6, 6.07) is 35.1. The molecule has 0 saturated carbocycles. The topological polar surface area (TPSA) is 108 Å². The van der Waals surface area contributed by atoms with E-state index < -0.39 is 12.3 Å². The van der Waals surface area contributed by atoms with E-state index in [0.717, 1.165) is 59.2 Å². The number of carbonyl (C=O) groups excluding carboxylic acids is 1. The summed E-state index contributed by atoms with van der Waals surface area (Å²) in [4.78, 5) is 25.4. The van der Waals surface area contributed by atoms with Crippen LogP contribution in [0.1, 0.15) is 98.1 Å². The average molecular weight is 679 g/mol. The van der Waals surface area contributed by atoms with Crippen LogP contribution >= 0.6 is 0 Å². The van der Waals surface area contributed by atoms with E-state index in [9.17, 15) is 14.7 Å². The lowest BCUT2D eigenvalue weighted by Crippen LogP contribution is -2.38. The minimum atomic E-state index is -0.774. The quantitative estimate of drug-likeness (QED) is 0.0968. The summed E-state index contributed by atoms with van der Waals surface area (Å²) in [5, 5.41) is 21.4. The summed E-state index contributed by atoms with van der Waals surface area (Å²) in [6.07, 6.45) is 3.58. The van der Waals surface area contributed by atoms with Gasteiger partial charge in [0.1, 0.15) is 0 Å².